The Morgan fingerprint density at radius 2 is 1.93 bits per heavy atom. The van der Waals surface area contributed by atoms with Crippen LogP contribution >= 0.6 is 0 Å². The monoisotopic (exact) mass is 236 g/mol. The fraction of sp³-hybridized carbons (Fsp3) is 0.889. The first-order valence-corrected chi connectivity index (χ1v) is 6.51. The predicted molar refractivity (Wildman–Crippen MR) is 54.0 cm³/mol. The summed E-state index contributed by atoms with van der Waals surface area (Å²) < 4.78 is 32.1. The first kappa shape index (κ1) is 12.4. The maximum Gasteiger partial charge on any atom is 0.306 e. The van der Waals surface area contributed by atoms with Crippen LogP contribution in [0.4, 0.5) is 0 Å². The van der Waals surface area contributed by atoms with Gasteiger partial charge in [-0.2, -0.15) is 0 Å². The zero-order valence-electron chi connectivity index (χ0n) is 8.99. The van der Waals surface area contributed by atoms with Crippen molar-refractivity contribution in [2.24, 2.45) is 5.41 Å². The minimum Gasteiger partial charge on any atom is -0.469 e. The highest BCUT2D eigenvalue weighted by atomic mass is 32.2. The van der Waals surface area contributed by atoms with E-state index in [9.17, 15) is 13.2 Å². The Labute approximate surface area is 89.7 Å². The van der Waals surface area contributed by atoms with E-state index in [-0.39, 0.29) is 29.5 Å². The molecule has 0 aromatic carbocycles. The van der Waals surface area contributed by atoms with Crippen LogP contribution in [0, 0.1) is 5.41 Å². The van der Waals surface area contributed by atoms with Gasteiger partial charge in [0.1, 0.15) is 5.94 Å². The van der Waals surface area contributed by atoms with E-state index >= 15 is 0 Å². The van der Waals surface area contributed by atoms with Gasteiger partial charge in [0.25, 0.3) is 0 Å². The number of carbonyl (C=O) groups excluding carboxylic acids is 1. The van der Waals surface area contributed by atoms with Gasteiger partial charge in [-0.3, -0.25) is 4.79 Å². The lowest BCUT2D eigenvalue weighted by Crippen LogP contribution is -2.23. The largest absolute Gasteiger partial charge is 0.469 e. The van der Waals surface area contributed by atoms with Crippen LogP contribution in [-0.2, 0) is 24.1 Å². The fourth-order valence-corrected chi connectivity index (χ4v) is 3.38. The molecule has 0 spiro atoms. The Morgan fingerprint density at radius 3 is 2.33 bits per heavy atom. The van der Waals surface area contributed by atoms with Crippen molar-refractivity contribution in [1.29, 1.82) is 0 Å². The molecule has 1 fully saturated rings. The van der Waals surface area contributed by atoms with Crippen LogP contribution in [0.25, 0.3) is 0 Å². The molecule has 1 saturated carbocycles. The van der Waals surface area contributed by atoms with Crippen LogP contribution in [0.3, 0.4) is 0 Å². The van der Waals surface area contributed by atoms with Gasteiger partial charge in [-0.15, -0.1) is 0 Å². The number of hydrogen-bond donors (Lipinski definition) is 0. The average Bonchev–Trinajstić information content (AvgIpc) is 2.83. The molecular formula is C9H16O5S. The maximum absolute atomic E-state index is 11.5. The van der Waals surface area contributed by atoms with E-state index in [1.54, 1.807) is 0 Å². The van der Waals surface area contributed by atoms with Crippen molar-refractivity contribution in [3.05, 3.63) is 0 Å². The van der Waals surface area contributed by atoms with E-state index in [1.807, 2.05) is 0 Å². The smallest absolute Gasteiger partial charge is 0.306 e. The third-order valence-electron chi connectivity index (χ3n) is 2.53. The highest BCUT2D eigenvalue weighted by molar-refractivity contribution is 7.91. The van der Waals surface area contributed by atoms with Gasteiger partial charge in [0.2, 0.25) is 0 Å². The first-order valence-electron chi connectivity index (χ1n) is 4.69. The van der Waals surface area contributed by atoms with Crippen molar-refractivity contribution >= 4 is 15.8 Å². The van der Waals surface area contributed by atoms with Gasteiger partial charge < -0.3 is 9.47 Å². The van der Waals surface area contributed by atoms with E-state index in [0.717, 1.165) is 12.8 Å². The third-order valence-corrected chi connectivity index (χ3v) is 4.17. The molecule has 0 aromatic heterocycles. The summed E-state index contributed by atoms with van der Waals surface area (Å²) in [7, 11) is -0.558. The molecule has 0 bridgehead atoms. The van der Waals surface area contributed by atoms with Crippen molar-refractivity contribution in [2.45, 2.75) is 19.3 Å². The van der Waals surface area contributed by atoms with Gasteiger partial charge in [-0.1, -0.05) is 0 Å². The molecule has 0 aliphatic heterocycles. The molecule has 0 radical (unpaired) electrons. The number of methoxy groups -OCH3 is 2. The van der Waals surface area contributed by atoms with Crippen LogP contribution in [0.15, 0.2) is 0 Å². The van der Waals surface area contributed by atoms with Gasteiger partial charge in [0, 0.05) is 7.11 Å². The molecule has 88 valence electrons. The van der Waals surface area contributed by atoms with Crippen molar-refractivity contribution in [3.63, 3.8) is 0 Å². The predicted octanol–water partition coefficient (Wildman–Crippen LogP) is 0.348. The summed E-state index contributed by atoms with van der Waals surface area (Å²) in [6.45, 7) is 0. The Morgan fingerprint density at radius 1 is 1.33 bits per heavy atom. The molecule has 1 aliphatic rings. The van der Waals surface area contributed by atoms with Crippen molar-refractivity contribution in [3.8, 4) is 0 Å². The number of sulfone groups is 1. The van der Waals surface area contributed by atoms with E-state index in [2.05, 4.69) is 9.47 Å². The second-order valence-corrected chi connectivity index (χ2v) is 6.06. The average molecular weight is 236 g/mol. The van der Waals surface area contributed by atoms with E-state index < -0.39 is 9.84 Å². The van der Waals surface area contributed by atoms with E-state index in [1.165, 1.54) is 14.2 Å². The molecule has 1 aliphatic carbocycles. The summed E-state index contributed by atoms with van der Waals surface area (Å²) in [6, 6.07) is 0. The van der Waals surface area contributed by atoms with Crippen molar-refractivity contribution < 1.29 is 22.7 Å². The second-order valence-electron chi connectivity index (χ2n) is 4.05. The normalized spacial score (nSPS) is 18.5. The summed E-state index contributed by atoms with van der Waals surface area (Å²) in [4.78, 5) is 11.1. The SMILES string of the molecule is COCS(=O)(=O)CC1(CC(=O)OC)CC1. The van der Waals surface area contributed by atoms with Crippen molar-refractivity contribution in [1.82, 2.24) is 0 Å². The van der Waals surface area contributed by atoms with Crippen LogP contribution < -0.4 is 0 Å². The van der Waals surface area contributed by atoms with Gasteiger partial charge in [-0.25, -0.2) is 8.42 Å². The fourth-order valence-electron chi connectivity index (χ4n) is 1.62. The summed E-state index contributed by atoms with van der Waals surface area (Å²) in [6.07, 6.45) is 1.72. The molecule has 0 unspecified atom stereocenters. The van der Waals surface area contributed by atoms with Crippen LogP contribution in [0.1, 0.15) is 19.3 Å². The number of ether oxygens (including phenoxy) is 2. The van der Waals surface area contributed by atoms with Crippen LogP contribution in [0.2, 0.25) is 0 Å². The highest BCUT2D eigenvalue weighted by Gasteiger charge is 2.47. The molecule has 0 amide bonds. The lowest BCUT2D eigenvalue weighted by molar-refractivity contribution is -0.141. The number of rotatable bonds is 6. The molecule has 6 heteroatoms. The Hall–Kier alpha value is -0.620. The summed E-state index contributed by atoms with van der Waals surface area (Å²) >= 11 is 0. The van der Waals surface area contributed by atoms with Crippen LogP contribution in [-0.4, -0.2) is 40.3 Å². The zero-order valence-corrected chi connectivity index (χ0v) is 9.80. The summed E-state index contributed by atoms with van der Waals surface area (Å²) in [5.41, 5.74) is -0.384. The minimum absolute atomic E-state index is 0.0168. The molecule has 1 rings (SSSR count). The number of esters is 1. The Balaban J connectivity index is 2.54. The quantitative estimate of drug-likeness (QED) is 0.622. The molecular weight excluding hydrogens is 220 g/mol. The zero-order chi connectivity index (χ0) is 11.5. The molecule has 15 heavy (non-hydrogen) atoms. The topological polar surface area (TPSA) is 69.7 Å². The summed E-state index contributed by atoms with van der Waals surface area (Å²) in [5.74, 6) is -0.612. The Kier molecular flexibility index (Phi) is 3.72. The molecule has 0 saturated heterocycles. The summed E-state index contributed by atoms with van der Waals surface area (Å²) in [5, 5.41) is 0. The molecule has 0 N–H and O–H groups in total. The first-order chi connectivity index (χ1) is 6.93. The standard InChI is InChI=1S/C9H16O5S/c1-13-7-15(11,12)6-9(3-4-9)5-8(10)14-2/h3-7H2,1-2H3. The number of hydrogen-bond acceptors (Lipinski definition) is 5. The molecule has 0 atom stereocenters. The minimum atomic E-state index is -3.21. The third kappa shape index (κ3) is 3.79. The van der Waals surface area contributed by atoms with Gasteiger partial charge in [-0.05, 0) is 18.3 Å². The maximum atomic E-state index is 11.5. The highest BCUT2D eigenvalue weighted by Crippen LogP contribution is 2.50. The number of carbonyl (C=O) groups is 1. The van der Waals surface area contributed by atoms with Crippen LogP contribution in [0.5, 0.6) is 0 Å². The van der Waals surface area contributed by atoms with Gasteiger partial charge >= 0.3 is 5.97 Å². The molecule has 5 nitrogen and oxygen atoms in total. The Bertz CT molecular complexity index is 328. The molecule has 0 aromatic rings. The van der Waals surface area contributed by atoms with E-state index in [0.29, 0.717) is 0 Å². The lowest BCUT2D eigenvalue weighted by Gasteiger charge is -2.13. The second kappa shape index (κ2) is 4.49. The van der Waals surface area contributed by atoms with E-state index in [4.69, 9.17) is 0 Å². The van der Waals surface area contributed by atoms with Gasteiger partial charge in [0.15, 0.2) is 9.84 Å². The lowest BCUT2D eigenvalue weighted by atomic mass is 10.1. The van der Waals surface area contributed by atoms with Crippen molar-refractivity contribution in [2.75, 3.05) is 25.9 Å². The molecule has 0 heterocycles. The van der Waals surface area contributed by atoms with Gasteiger partial charge in [0.05, 0.1) is 19.3 Å².